The fraction of sp³-hybridized carbons (Fsp3) is 0.650. The molecule has 4 nitrogen and oxygen atoms in total. The molecule has 2 heterocycles. The van der Waals surface area contributed by atoms with E-state index in [1.54, 1.807) is 13.0 Å². The second kappa shape index (κ2) is 6.69. The van der Waals surface area contributed by atoms with Crippen molar-refractivity contribution >= 4 is 5.91 Å². The molecule has 5 heteroatoms. The lowest BCUT2D eigenvalue weighted by molar-refractivity contribution is -0.0465. The van der Waals surface area contributed by atoms with Gasteiger partial charge in [-0.3, -0.25) is 4.79 Å². The highest BCUT2D eigenvalue weighted by Crippen LogP contribution is 2.37. The average Bonchev–Trinajstić information content (AvgIpc) is 3.35. The van der Waals surface area contributed by atoms with E-state index < -0.39 is 0 Å². The molecule has 0 bridgehead atoms. The number of piperidine rings is 1. The zero-order chi connectivity index (χ0) is 17.4. The summed E-state index contributed by atoms with van der Waals surface area (Å²) < 4.78 is 25.4. The monoisotopic (exact) mass is 347 g/mol. The Hall–Kier alpha value is -1.46. The van der Waals surface area contributed by atoms with Gasteiger partial charge in [-0.05, 0) is 62.3 Å². The number of hydrogen-bond acceptors (Lipinski definition) is 3. The smallest absolute Gasteiger partial charge is 0.254 e. The SMILES string of the molecule is Cc1cc(F)ccc1C(=O)N1CCC[C@@]2(C[C@@H](OCC3CC3)CO2)C1. The van der Waals surface area contributed by atoms with Crippen molar-refractivity contribution in [3.05, 3.63) is 35.1 Å². The fourth-order valence-electron chi connectivity index (χ4n) is 4.06. The molecule has 1 aromatic carbocycles. The fourth-order valence-corrected chi connectivity index (χ4v) is 4.06. The molecule has 2 saturated heterocycles. The molecule has 0 aromatic heterocycles. The van der Waals surface area contributed by atoms with E-state index in [0.29, 0.717) is 24.3 Å². The average molecular weight is 347 g/mol. The topological polar surface area (TPSA) is 38.8 Å². The first kappa shape index (κ1) is 17.0. The maximum absolute atomic E-state index is 13.3. The molecule has 1 saturated carbocycles. The van der Waals surface area contributed by atoms with Gasteiger partial charge in [-0.1, -0.05) is 0 Å². The number of ether oxygens (including phenoxy) is 2. The molecule has 0 N–H and O–H groups in total. The molecule has 3 fully saturated rings. The standard InChI is InChI=1S/C20H26FNO3/c1-14-9-16(21)5-6-18(14)19(23)22-8-2-7-20(13-22)10-17(12-25-20)24-11-15-3-4-15/h5-6,9,15,17H,2-4,7-8,10-13H2,1H3/t17-,20-/m1/s1. The van der Waals surface area contributed by atoms with Crippen molar-refractivity contribution in [2.75, 3.05) is 26.3 Å². The quantitative estimate of drug-likeness (QED) is 0.839. The van der Waals surface area contributed by atoms with Crippen LogP contribution >= 0.6 is 0 Å². The van der Waals surface area contributed by atoms with Gasteiger partial charge in [-0.25, -0.2) is 4.39 Å². The summed E-state index contributed by atoms with van der Waals surface area (Å²) in [5, 5.41) is 0. The largest absolute Gasteiger partial charge is 0.375 e. The van der Waals surface area contributed by atoms with Crippen LogP contribution in [0.3, 0.4) is 0 Å². The molecular formula is C20H26FNO3. The highest BCUT2D eigenvalue weighted by molar-refractivity contribution is 5.95. The van der Waals surface area contributed by atoms with Crippen LogP contribution in [0, 0.1) is 18.7 Å². The molecule has 25 heavy (non-hydrogen) atoms. The van der Waals surface area contributed by atoms with Crippen LogP contribution in [-0.4, -0.2) is 48.8 Å². The van der Waals surface area contributed by atoms with E-state index in [1.165, 1.54) is 25.0 Å². The molecule has 3 aliphatic rings. The summed E-state index contributed by atoms with van der Waals surface area (Å²) >= 11 is 0. The Kier molecular flexibility index (Phi) is 4.54. The van der Waals surface area contributed by atoms with Crippen LogP contribution in [0.25, 0.3) is 0 Å². The van der Waals surface area contributed by atoms with Gasteiger partial charge in [0.1, 0.15) is 5.82 Å². The Bertz CT molecular complexity index is 660. The minimum atomic E-state index is -0.307. The van der Waals surface area contributed by atoms with E-state index >= 15 is 0 Å². The molecule has 2 aliphatic heterocycles. The Labute approximate surface area is 148 Å². The van der Waals surface area contributed by atoms with Gasteiger partial charge in [-0.2, -0.15) is 0 Å². The summed E-state index contributed by atoms with van der Waals surface area (Å²) in [6.07, 6.45) is 5.51. The predicted molar refractivity (Wildman–Crippen MR) is 92.0 cm³/mol. The highest BCUT2D eigenvalue weighted by Gasteiger charge is 2.45. The summed E-state index contributed by atoms with van der Waals surface area (Å²) in [5.74, 6) is 0.420. The van der Waals surface area contributed by atoms with E-state index in [-0.39, 0.29) is 23.4 Å². The Morgan fingerprint density at radius 3 is 3.04 bits per heavy atom. The number of carbonyl (C=O) groups is 1. The number of carbonyl (C=O) groups excluding carboxylic acids is 1. The highest BCUT2D eigenvalue weighted by atomic mass is 19.1. The molecule has 1 aliphatic carbocycles. The molecule has 1 spiro atoms. The lowest BCUT2D eigenvalue weighted by Crippen LogP contribution is -2.50. The van der Waals surface area contributed by atoms with Crippen LogP contribution in [0.5, 0.6) is 0 Å². The summed E-state index contributed by atoms with van der Waals surface area (Å²) in [6, 6.07) is 4.36. The third-order valence-corrected chi connectivity index (χ3v) is 5.69. The number of halogens is 1. The lowest BCUT2D eigenvalue weighted by Gasteiger charge is -2.39. The van der Waals surface area contributed by atoms with Crippen molar-refractivity contribution in [3.8, 4) is 0 Å². The first-order valence-electron chi connectivity index (χ1n) is 9.36. The molecule has 0 unspecified atom stereocenters. The van der Waals surface area contributed by atoms with Crippen LogP contribution in [0.15, 0.2) is 18.2 Å². The van der Waals surface area contributed by atoms with Crippen molar-refractivity contribution in [1.29, 1.82) is 0 Å². The summed E-state index contributed by atoms with van der Waals surface area (Å²) in [6.45, 7) is 4.59. The van der Waals surface area contributed by atoms with Crippen LogP contribution < -0.4 is 0 Å². The van der Waals surface area contributed by atoms with E-state index in [9.17, 15) is 9.18 Å². The van der Waals surface area contributed by atoms with Gasteiger partial charge in [-0.15, -0.1) is 0 Å². The summed E-state index contributed by atoms with van der Waals surface area (Å²) in [7, 11) is 0. The maximum Gasteiger partial charge on any atom is 0.254 e. The number of amides is 1. The number of benzene rings is 1. The third-order valence-electron chi connectivity index (χ3n) is 5.69. The Morgan fingerprint density at radius 1 is 1.44 bits per heavy atom. The van der Waals surface area contributed by atoms with Crippen molar-refractivity contribution in [1.82, 2.24) is 4.90 Å². The van der Waals surface area contributed by atoms with E-state index in [0.717, 1.165) is 38.3 Å². The van der Waals surface area contributed by atoms with Crippen molar-refractivity contribution < 1.29 is 18.7 Å². The normalized spacial score (nSPS) is 29.4. The van der Waals surface area contributed by atoms with Gasteiger partial charge in [0.25, 0.3) is 5.91 Å². The van der Waals surface area contributed by atoms with Crippen LogP contribution in [-0.2, 0) is 9.47 Å². The zero-order valence-corrected chi connectivity index (χ0v) is 14.8. The Balaban J connectivity index is 1.41. The first-order chi connectivity index (χ1) is 12.0. The van der Waals surface area contributed by atoms with Crippen LogP contribution in [0.1, 0.15) is 48.0 Å². The number of rotatable bonds is 4. The first-order valence-corrected chi connectivity index (χ1v) is 9.36. The molecular weight excluding hydrogens is 321 g/mol. The molecule has 136 valence electrons. The number of likely N-dealkylation sites (tertiary alicyclic amines) is 1. The molecule has 0 radical (unpaired) electrons. The van der Waals surface area contributed by atoms with Crippen LogP contribution in [0.2, 0.25) is 0 Å². The van der Waals surface area contributed by atoms with Gasteiger partial charge >= 0.3 is 0 Å². The maximum atomic E-state index is 13.3. The Morgan fingerprint density at radius 2 is 2.28 bits per heavy atom. The second-order valence-corrected chi connectivity index (χ2v) is 7.89. The molecule has 1 aromatic rings. The minimum absolute atomic E-state index is 0.0254. The zero-order valence-electron chi connectivity index (χ0n) is 14.8. The molecule has 4 rings (SSSR count). The van der Waals surface area contributed by atoms with E-state index in [4.69, 9.17) is 9.47 Å². The minimum Gasteiger partial charge on any atom is -0.375 e. The third kappa shape index (κ3) is 3.72. The van der Waals surface area contributed by atoms with Gasteiger partial charge in [0.05, 0.1) is 24.9 Å². The van der Waals surface area contributed by atoms with E-state index in [1.807, 2.05) is 4.90 Å². The van der Waals surface area contributed by atoms with Gasteiger partial charge < -0.3 is 14.4 Å². The second-order valence-electron chi connectivity index (χ2n) is 7.89. The van der Waals surface area contributed by atoms with Crippen molar-refractivity contribution in [2.24, 2.45) is 5.92 Å². The molecule has 1 amide bonds. The van der Waals surface area contributed by atoms with Crippen molar-refractivity contribution in [2.45, 2.75) is 50.7 Å². The predicted octanol–water partition coefficient (Wildman–Crippen LogP) is 3.32. The van der Waals surface area contributed by atoms with Gasteiger partial charge in [0, 0.05) is 25.1 Å². The summed E-state index contributed by atoms with van der Waals surface area (Å²) in [4.78, 5) is 14.8. The van der Waals surface area contributed by atoms with E-state index in [2.05, 4.69) is 0 Å². The number of hydrogen-bond donors (Lipinski definition) is 0. The lowest BCUT2D eigenvalue weighted by atomic mass is 9.88. The van der Waals surface area contributed by atoms with Crippen LogP contribution in [0.4, 0.5) is 4.39 Å². The number of nitrogens with zero attached hydrogens (tertiary/aromatic N) is 1. The molecule has 2 atom stereocenters. The number of aryl methyl sites for hydroxylation is 1. The van der Waals surface area contributed by atoms with Crippen molar-refractivity contribution in [3.63, 3.8) is 0 Å². The van der Waals surface area contributed by atoms with Gasteiger partial charge in [0.2, 0.25) is 0 Å². The summed E-state index contributed by atoms with van der Waals surface area (Å²) in [5.41, 5.74) is 0.997. The van der Waals surface area contributed by atoms with Gasteiger partial charge in [0.15, 0.2) is 0 Å².